The van der Waals surface area contributed by atoms with E-state index < -0.39 is 43.4 Å². The molecule has 0 aliphatic carbocycles. The van der Waals surface area contributed by atoms with Crippen molar-refractivity contribution < 1.29 is 40.1 Å². The van der Waals surface area contributed by atoms with Crippen molar-refractivity contribution in [1.29, 1.82) is 0 Å². The van der Waals surface area contributed by atoms with Crippen LogP contribution in [0.2, 0.25) is 0 Å². The maximum absolute atomic E-state index is 9.98. The molecule has 1 heterocycles. The first-order valence-corrected chi connectivity index (χ1v) is 7.25. The second-order valence-corrected chi connectivity index (χ2v) is 5.61. The van der Waals surface area contributed by atoms with Crippen LogP contribution >= 0.6 is 0 Å². The molecule has 0 unspecified atom stereocenters. The van der Waals surface area contributed by atoms with Gasteiger partial charge in [-0.25, -0.2) is 0 Å². The van der Waals surface area contributed by atoms with Gasteiger partial charge in [0.2, 0.25) is 6.29 Å². The zero-order chi connectivity index (χ0) is 17.3. The van der Waals surface area contributed by atoms with Crippen molar-refractivity contribution in [1.82, 2.24) is 0 Å². The quantitative estimate of drug-likeness (QED) is 0.410. The van der Waals surface area contributed by atoms with Gasteiger partial charge >= 0.3 is 0 Å². The number of benzene rings is 1. The lowest BCUT2D eigenvalue weighted by atomic mass is 9.99. The molecule has 2 rings (SSSR count). The molecule has 0 amide bonds. The number of rotatable bonds is 4. The van der Waals surface area contributed by atoms with Crippen LogP contribution in [0.4, 0.5) is 0 Å². The Hall–Kier alpha value is -1.42. The average molecular weight is 330 g/mol. The molecule has 130 valence electrons. The Balaban J connectivity index is 2.29. The number of hydrogen-bond acceptors (Lipinski definition) is 8. The van der Waals surface area contributed by atoms with Crippen molar-refractivity contribution in [3.63, 3.8) is 0 Å². The van der Waals surface area contributed by atoms with Crippen molar-refractivity contribution in [2.75, 3.05) is 6.61 Å². The summed E-state index contributed by atoms with van der Waals surface area (Å²) in [6.45, 7) is 2.52. The first-order chi connectivity index (χ1) is 10.8. The van der Waals surface area contributed by atoms with Crippen molar-refractivity contribution in [2.45, 2.75) is 50.7 Å². The first-order valence-electron chi connectivity index (χ1n) is 7.25. The first kappa shape index (κ1) is 17.9. The summed E-state index contributed by atoms with van der Waals surface area (Å²) in [4.78, 5) is 0. The summed E-state index contributed by atoms with van der Waals surface area (Å²) in [5.41, 5.74) is 0.712. The van der Waals surface area contributed by atoms with Gasteiger partial charge in [-0.3, -0.25) is 0 Å². The van der Waals surface area contributed by atoms with Crippen LogP contribution in [0.1, 0.15) is 24.2 Å². The lowest BCUT2D eigenvalue weighted by Gasteiger charge is -2.39. The van der Waals surface area contributed by atoms with Crippen LogP contribution in [-0.2, 0) is 4.74 Å². The predicted octanol–water partition coefficient (Wildman–Crippen LogP) is -1.07. The van der Waals surface area contributed by atoms with Crippen LogP contribution in [0.15, 0.2) is 12.1 Å². The van der Waals surface area contributed by atoms with Crippen molar-refractivity contribution in [2.24, 2.45) is 0 Å². The number of phenols is 1. The van der Waals surface area contributed by atoms with Gasteiger partial charge < -0.3 is 40.1 Å². The number of aliphatic hydroxyl groups is 5. The molecule has 1 aliphatic heterocycles. The van der Waals surface area contributed by atoms with Crippen LogP contribution in [0, 0.1) is 6.92 Å². The fraction of sp³-hybridized carbons (Fsp3) is 0.600. The Morgan fingerprint density at radius 1 is 1.17 bits per heavy atom. The van der Waals surface area contributed by atoms with Crippen LogP contribution in [0.5, 0.6) is 11.5 Å². The molecule has 0 spiro atoms. The Kier molecular flexibility index (Phi) is 5.45. The molecule has 6 atom stereocenters. The number of aromatic hydroxyl groups is 1. The third-order valence-corrected chi connectivity index (χ3v) is 3.96. The molecule has 8 heteroatoms. The standard InChI is InChI=1S/C15H22O8/c1-6-8(18)3-4-9(11(6)7(2)17)22-15-14(21)13(20)12(19)10(5-16)23-15/h3-4,7,10,12-21H,5H2,1-2H3/t7-,10-,12-,13+,14-,15-/m1/s1. The number of hydrogen-bond donors (Lipinski definition) is 6. The highest BCUT2D eigenvalue weighted by Crippen LogP contribution is 2.35. The van der Waals surface area contributed by atoms with Crippen LogP contribution in [0.25, 0.3) is 0 Å². The van der Waals surface area contributed by atoms with E-state index in [-0.39, 0.29) is 11.5 Å². The summed E-state index contributed by atoms with van der Waals surface area (Å²) < 4.78 is 10.8. The van der Waals surface area contributed by atoms with E-state index >= 15 is 0 Å². The largest absolute Gasteiger partial charge is 0.508 e. The summed E-state index contributed by atoms with van der Waals surface area (Å²) in [5, 5.41) is 58.3. The van der Waals surface area contributed by atoms with E-state index in [0.29, 0.717) is 11.1 Å². The maximum atomic E-state index is 9.98. The Bertz CT molecular complexity index is 545. The predicted molar refractivity (Wildman–Crippen MR) is 77.9 cm³/mol. The molecule has 0 saturated carbocycles. The second-order valence-electron chi connectivity index (χ2n) is 5.61. The van der Waals surface area contributed by atoms with Crippen LogP contribution < -0.4 is 4.74 Å². The zero-order valence-electron chi connectivity index (χ0n) is 12.8. The van der Waals surface area contributed by atoms with Gasteiger partial charge in [0.15, 0.2) is 0 Å². The molecular weight excluding hydrogens is 308 g/mol. The van der Waals surface area contributed by atoms with Gasteiger partial charge in [-0.15, -0.1) is 0 Å². The molecule has 23 heavy (non-hydrogen) atoms. The molecule has 8 nitrogen and oxygen atoms in total. The van der Waals surface area contributed by atoms with Gasteiger partial charge in [-0.05, 0) is 26.0 Å². The molecule has 0 bridgehead atoms. The molecule has 0 aromatic heterocycles. The molecule has 0 radical (unpaired) electrons. The van der Waals surface area contributed by atoms with Crippen LogP contribution in [-0.4, -0.2) is 68.0 Å². The van der Waals surface area contributed by atoms with E-state index in [1.54, 1.807) is 6.92 Å². The highest BCUT2D eigenvalue weighted by molar-refractivity contribution is 5.48. The highest BCUT2D eigenvalue weighted by atomic mass is 16.7. The summed E-state index contributed by atoms with van der Waals surface area (Å²) in [5.74, 6) is 0.127. The van der Waals surface area contributed by atoms with E-state index in [0.717, 1.165) is 0 Å². The van der Waals surface area contributed by atoms with Gasteiger partial charge in [0.1, 0.15) is 35.9 Å². The molecule has 1 aliphatic rings. The molecule has 6 N–H and O–H groups in total. The Morgan fingerprint density at radius 2 is 1.83 bits per heavy atom. The third-order valence-electron chi connectivity index (χ3n) is 3.96. The SMILES string of the molecule is Cc1c(O)ccc(O[C@@H]2O[C@H](CO)[C@@H](O)[C@H](O)[C@H]2O)c1[C@@H](C)O. The molecule has 1 aromatic rings. The summed E-state index contributed by atoms with van der Waals surface area (Å²) >= 11 is 0. The molecule has 1 fully saturated rings. The number of phenolic OH excluding ortho intramolecular Hbond substituents is 1. The van der Waals surface area contributed by atoms with Gasteiger partial charge in [0.05, 0.1) is 12.7 Å². The number of ether oxygens (including phenoxy) is 2. The lowest BCUT2D eigenvalue weighted by molar-refractivity contribution is -0.277. The van der Waals surface area contributed by atoms with Crippen molar-refractivity contribution in [3.05, 3.63) is 23.3 Å². The minimum atomic E-state index is -1.56. The Labute approximate surface area is 133 Å². The number of aliphatic hydroxyl groups excluding tert-OH is 5. The fourth-order valence-electron chi connectivity index (χ4n) is 2.60. The minimum absolute atomic E-state index is 0.0259. The van der Waals surface area contributed by atoms with E-state index in [1.165, 1.54) is 19.1 Å². The van der Waals surface area contributed by atoms with E-state index in [2.05, 4.69) is 0 Å². The molecule has 1 aromatic carbocycles. The minimum Gasteiger partial charge on any atom is -0.508 e. The van der Waals surface area contributed by atoms with E-state index in [4.69, 9.17) is 14.6 Å². The van der Waals surface area contributed by atoms with Gasteiger partial charge in [-0.1, -0.05) is 0 Å². The third kappa shape index (κ3) is 3.42. The van der Waals surface area contributed by atoms with Gasteiger partial charge in [-0.2, -0.15) is 0 Å². The Morgan fingerprint density at radius 3 is 2.39 bits per heavy atom. The normalized spacial score (nSPS) is 32.6. The summed E-state index contributed by atoms with van der Waals surface area (Å²) in [6.07, 6.45) is -7.99. The van der Waals surface area contributed by atoms with Crippen molar-refractivity contribution in [3.8, 4) is 11.5 Å². The molecular formula is C15H22O8. The maximum Gasteiger partial charge on any atom is 0.229 e. The van der Waals surface area contributed by atoms with Crippen molar-refractivity contribution >= 4 is 0 Å². The zero-order valence-corrected chi connectivity index (χ0v) is 12.8. The van der Waals surface area contributed by atoms with E-state index in [9.17, 15) is 25.5 Å². The fourth-order valence-corrected chi connectivity index (χ4v) is 2.60. The van der Waals surface area contributed by atoms with Gasteiger partial charge in [0.25, 0.3) is 0 Å². The molecule has 1 saturated heterocycles. The monoisotopic (exact) mass is 330 g/mol. The summed E-state index contributed by atoms with van der Waals surface area (Å²) in [6, 6.07) is 2.76. The lowest BCUT2D eigenvalue weighted by Crippen LogP contribution is -2.60. The second kappa shape index (κ2) is 7.00. The smallest absolute Gasteiger partial charge is 0.229 e. The highest BCUT2D eigenvalue weighted by Gasteiger charge is 2.45. The van der Waals surface area contributed by atoms with Gasteiger partial charge in [0, 0.05) is 11.1 Å². The average Bonchev–Trinajstić information content (AvgIpc) is 2.51. The topological polar surface area (TPSA) is 140 Å². The van der Waals surface area contributed by atoms with Crippen LogP contribution in [0.3, 0.4) is 0 Å². The van der Waals surface area contributed by atoms with E-state index in [1.807, 2.05) is 0 Å². The summed E-state index contributed by atoms with van der Waals surface area (Å²) in [7, 11) is 0.